The van der Waals surface area contributed by atoms with Crippen LogP contribution in [0.2, 0.25) is 0 Å². The third kappa shape index (κ3) is 2.89. The summed E-state index contributed by atoms with van der Waals surface area (Å²) in [6.07, 6.45) is 1.58. The van der Waals surface area contributed by atoms with E-state index in [-0.39, 0.29) is 0 Å². The van der Waals surface area contributed by atoms with Crippen LogP contribution in [0.15, 0.2) is 85.2 Å². The van der Waals surface area contributed by atoms with Gasteiger partial charge >= 0.3 is 0 Å². The van der Waals surface area contributed by atoms with E-state index in [2.05, 4.69) is 39.6 Å². The van der Waals surface area contributed by atoms with Gasteiger partial charge in [-0.2, -0.15) is 5.10 Å². The fraction of sp³-hybridized carbons (Fsp3) is 0.0455. The van der Waals surface area contributed by atoms with Crippen molar-refractivity contribution in [1.29, 1.82) is 0 Å². The normalized spacial score (nSPS) is 11.1. The maximum absolute atomic E-state index is 4.83. The molecule has 5 heteroatoms. The van der Waals surface area contributed by atoms with Crippen LogP contribution in [0.25, 0.3) is 21.8 Å². The first kappa shape index (κ1) is 15.5. The average Bonchev–Trinajstić information content (AvgIpc) is 3.07. The summed E-state index contributed by atoms with van der Waals surface area (Å²) in [6.45, 7) is 0.716. The van der Waals surface area contributed by atoms with Gasteiger partial charge in [0.15, 0.2) is 5.82 Å². The van der Waals surface area contributed by atoms with Crippen molar-refractivity contribution in [2.75, 3.05) is 5.32 Å². The predicted molar refractivity (Wildman–Crippen MR) is 108 cm³/mol. The average molecular weight is 351 g/mol. The minimum Gasteiger partial charge on any atom is -0.322 e. The molecular formula is C22H17N5. The van der Waals surface area contributed by atoms with E-state index in [1.54, 1.807) is 6.33 Å². The van der Waals surface area contributed by atoms with E-state index in [0.29, 0.717) is 6.54 Å². The van der Waals surface area contributed by atoms with Gasteiger partial charge in [0.25, 0.3) is 0 Å². The number of para-hydroxylation sites is 2. The molecule has 0 radical (unpaired) electrons. The van der Waals surface area contributed by atoms with Crippen molar-refractivity contribution < 1.29 is 0 Å². The van der Waals surface area contributed by atoms with Crippen LogP contribution in [0, 0.1) is 0 Å². The van der Waals surface area contributed by atoms with Crippen LogP contribution in [0.4, 0.5) is 11.6 Å². The van der Waals surface area contributed by atoms with E-state index in [0.717, 1.165) is 33.4 Å². The second kappa shape index (κ2) is 6.53. The largest absolute Gasteiger partial charge is 0.322 e. The van der Waals surface area contributed by atoms with E-state index in [1.807, 2.05) is 59.3 Å². The number of benzene rings is 3. The minimum absolute atomic E-state index is 0.716. The highest BCUT2D eigenvalue weighted by Gasteiger charge is 2.12. The number of nitrogens with zero attached hydrogens (tertiary/aromatic N) is 4. The summed E-state index contributed by atoms with van der Waals surface area (Å²) in [7, 11) is 0. The van der Waals surface area contributed by atoms with Gasteiger partial charge in [0, 0.05) is 10.8 Å². The highest BCUT2D eigenvalue weighted by molar-refractivity contribution is 5.96. The number of hydrogen-bond acceptors (Lipinski definition) is 4. The Kier molecular flexibility index (Phi) is 3.76. The Morgan fingerprint density at radius 3 is 2.33 bits per heavy atom. The molecule has 3 aromatic carbocycles. The smallest absolute Gasteiger partial charge is 0.161 e. The third-order valence-corrected chi connectivity index (χ3v) is 4.61. The van der Waals surface area contributed by atoms with Crippen LogP contribution < -0.4 is 5.32 Å². The Bertz CT molecular complexity index is 1220. The lowest BCUT2D eigenvalue weighted by atomic mass is 10.2. The fourth-order valence-electron chi connectivity index (χ4n) is 3.31. The molecule has 2 heterocycles. The summed E-state index contributed by atoms with van der Waals surface area (Å²) in [6, 6.07) is 26.5. The molecule has 0 aliphatic rings. The van der Waals surface area contributed by atoms with E-state index in [1.165, 1.54) is 5.56 Å². The first-order valence-corrected chi connectivity index (χ1v) is 8.85. The summed E-state index contributed by atoms with van der Waals surface area (Å²) < 4.78 is 2.02. The Labute approximate surface area is 156 Å². The number of hydrogen-bond donors (Lipinski definition) is 1. The molecule has 0 amide bonds. The summed E-state index contributed by atoms with van der Waals surface area (Å²) in [5.41, 5.74) is 3.20. The minimum atomic E-state index is 0.716. The van der Waals surface area contributed by atoms with Gasteiger partial charge < -0.3 is 5.32 Å². The highest BCUT2D eigenvalue weighted by Crippen LogP contribution is 2.28. The molecule has 5 rings (SSSR count). The monoisotopic (exact) mass is 351 g/mol. The van der Waals surface area contributed by atoms with Crippen LogP contribution in [0.3, 0.4) is 0 Å². The number of anilines is 2. The van der Waals surface area contributed by atoms with E-state index in [9.17, 15) is 0 Å². The predicted octanol–water partition coefficient (Wildman–Crippen LogP) is 4.77. The van der Waals surface area contributed by atoms with Gasteiger partial charge in [-0.1, -0.05) is 54.6 Å². The highest BCUT2D eigenvalue weighted by atomic mass is 15.3. The third-order valence-electron chi connectivity index (χ3n) is 4.61. The van der Waals surface area contributed by atoms with Crippen molar-refractivity contribution >= 4 is 33.4 Å². The van der Waals surface area contributed by atoms with E-state index in [4.69, 9.17) is 5.10 Å². The molecule has 0 aliphatic heterocycles. The number of fused-ring (bicyclic) bond motifs is 2. The molecule has 0 bridgehead atoms. The Morgan fingerprint density at radius 1 is 0.704 bits per heavy atom. The van der Waals surface area contributed by atoms with Gasteiger partial charge in [-0.15, -0.1) is 0 Å². The molecule has 0 fully saturated rings. The van der Waals surface area contributed by atoms with Crippen LogP contribution >= 0.6 is 0 Å². The Hall–Kier alpha value is -3.73. The van der Waals surface area contributed by atoms with E-state index >= 15 is 0 Å². The molecule has 5 aromatic rings. The number of aromatic nitrogens is 4. The molecule has 27 heavy (non-hydrogen) atoms. The zero-order valence-corrected chi connectivity index (χ0v) is 14.6. The van der Waals surface area contributed by atoms with Crippen molar-refractivity contribution in [3.8, 4) is 0 Å². The lowest BCUT2D eigenvalue weighted by Gasteiger charge is -2.06. The zero-order chi connectivity index (χ0) is 18.1. The second-order valence-electron chi connectivity index (χ2n) is 6.37. The molecule has 1 N–H and O–H groups in total. The fourth-order valence-corrected chi connectivity index (χ4v) is 3.31. The molecule has 5 nitrogen and oxygen atoms in total. The lowest BCUT2D eigenvalue weighted by Crippen LogP contribution is -2.02. The molecule has 0 saturated carbocycles. The molecule has 0 spiro atoms. The summed E-state index contributed by atoms with van der Waals surface area (Å²) in [4.78, 5) is 8.76. The van der Waals surface area contributed by atoms with Gasteiger partial charge in [-0.05, 0) is 29.8 Å². The van der Waals surface area contributed by atoms with Crippen molar-refractivity contribution in [2.45, 2.75) is 6.54 Å². The first-order chi connectivity index (χ1) is 13.4. The van der Waals surface area contributed by atoms with Crippen LogP contribution in [0.5, 0.6) is 0 Å². The Morgan fingerprint density at radius 2 is 1.44 bits per heavy atom. The topological polar surface area (TPSA) is 55.6 Å². The molecule has 0 atom stereocenters. The summed E-state index contributed by atoms with van der Waals surface area (Å²) >= 11 is 0. The van der Waals surface area contributed by atoms with Crippen LogP contribution in [-0.4, -0.2) is 19.7 Å². The van der Waals surface area contributed by atoms with Gasteiger partial charge in [0.2, 0.25) is 0 Å². The number of rotatable bonds is 4. The van der Waals surface area contributed by atoms with Gasteiger partial charge in [-0.3, -0.25) is 4.68 Å². The standard InChI is InChI=1S/C22H17N5/c1-2-8-16(9-3-1)14-27-20-13-7-5-11-18(20)22(26-27)25-21-17-10-4-6-12-19(17)23-15-24-21/h1-13,15H,14H2,(H,23,24,25,26). The zero-order valence-electron chi connectivity index (χ0n) is 14.6. The van der Waals surface area contributed by atoms with E-state index < -0.39 is 0 Å². The summed E-state index contributed by atoms with van der Waals surface area (Å²) in [5, 5.41) is 10.3. The van der Waals surface area contributed by atoms with Crippen molar-refractivity contribution in [2.24, 2.45) is 0 Å². The van der Waals surface area contributed by atoms with Gasteiger partial charge in [0.05, 0.1) is 17.6 Å². The van der Waals surface area contributed by atoms with Crippen molar-refractivity contribution in [3.63, 3.8) is 0 Å². The number of nitrogens with one attached hydrogen (secondary N) is 1. The lowest BCUT2D eigenvalue weighted by molar-refractivity contribution is 0.715. The SMILES string of the molecule is c1ccc(Cn2nc(Nc3ncnc4ccccc34)c3ccccc32)cc1. The molecule has 130 valence electrons. The molecule has 0 saturated heterocycles. The molecular weight excluding hydrogens is 334 g/mol. The van der Waals surface area contributed by atoms with Crippen LogP contribution in [0.1, 0.15) is 5.56 Å². The molecule has 0 unspecified atom stereocenters. The Balaban J connectivity index is 1.59. The first-order valence-electron chi connectivity index (χ1n) is 8.85. The quantitative estimate of drug-likeness (QED) is 0.507. The maximum atomic E-state index is 4.83. The molecule has 2 aromatic heterocycles. The molecule has 0 aliphatic carbocycles. The van der Waals surface area contributed by atoms with Gasteiger partial charge in [0.1, 0.15) is 12.1 Å². The van der Waals surface area contributed by atoms with Gasteiger partial charge in [-0.25, -0.2) is 9.97 Å². The maximum Gasteiger partial charge on any atom is 0.161 e. The summed E-state index contributed by atoms with van der Waals surface area (Å²) in [5.74, 6) is 1.56. The van der Waals surface area contributed by atoms with Crippen LogP contribution in [-0.2, 0) is 6.54 Å². The van der Waals surface area contributed by atoms with Crippen molar-refractivity contribution in [3.05, 3.63) is 90.8 Å². The van der Waals surface area contributed by atoms with Crippen molar-refractivity contribution in [1.82, 2.24) is 19.7 Å². The second-order valence-corrected chi connectivity index (χ2v) is 6.37.